The van der Waals surface area contributed by atoms with Crippen LogP contribution < -0.4 is 0 Å². The highest BCUT2D eigenvalue weighted by Crippen LogP contribution is 2.20. The van der Waals surface area contributed by atoms with E-state index >= 15 is 0 Å². The lowest BCUT2D eigenvalue weighted by atomic mass is 11.6. The van der Waals surface area contributed by atoms with Gasteiger partial charge in [-0.1, -0.05) is 13.1 Å². The molecule has 0 spiro atoms. The Kier molecular flexibility index (Phi) is 5.34. The van der Waals surface area contributed by atoms with E-state index in [4.69, 9.17) is 18.4 Å². The average Bonchev–Trinajstić information content (AvgIpc) is 2.14. The first-order valence-electron chi connectivity index (χ1n) is 4.21. The number of hydrogen-bond acceptors (Lipinski definition) is 4. The van der Waals surface area contributed by atoms with Crippen LogP contribution >= 0.6 is 0 Å². The van der Waals surface area contributed by atoms with Gasteiger partial charge in [0.2, 0.25) is 0 Å². The Balaban J connectivity index is 4.41. The molecule has 6 heteroatoms. The molecule has 0 amide bonds. The molecule has 0 aromatic carbocycles. The van der Waals surface area contributed by atoms with Gasteiger partial charge in [-0.05, 0) is 0 Å². The van der Waals surface area contributed by atoms with Gasteiger partial charge in [0.15, 0.2) is 0 Å². The average molecular weight is 224 g/mol. The second-order valence-corrected chi connectivity index (χ2v) is 12.4. The summed E-state index contributed by atoms with van der Waals surface area (Å²) in [6.45, 7) is 4.18. The lowest BCUT2D eigenvalue weighted by Gasteiger charge is -2.30. The molecule has 0 radical (unpaired) electrons. The zero-order chi connectivity index (χ0) is 10.5. The molecule has 13 heavy (non-hydrogen) atoms. The highest BCUT2D eigenvalue weighted by molar-refractivity contribution is 6.89. The topological polar surface area (TPSA) is 47.9 Å². The van der Waals surface area contributed by atoms with Crippen LogP contribution in [0.1, 0.15) is 0 Å². The van der Waals surface area contributed by atoms with E-state index in [9.17, 15) is 0 Å². The van der Waals surface area contributed by atoms with Gasteiger partial charge in [0.05, 0.1) is 8.07 Å². The molecule has 80 valence electrons. The SMILES string of the molecule is CO[Si](C[Si](C)(C)CO)(OC)OC. The Bertz CT molecular complexity index is 139. The molecule has 0 aliphatic rings. The van der Waals surface area contributed by atoms with Gasteiger partial charge in [0.25, 0.3) is 0 Å². The normalized spacial score (nSPS) is 13.4. The number of hydrogen-bond donors (Lipinski definition) is 1. The van der Waals surface area contributed by atoms with Crippen LogP contribution in [-0.4, -0.2) is 49.5 Å². The van der Waals surface area contributed by atoms with E-state index in [0.29, 0.717) is 0 Å². The second kappa shape index (κ2) is 5.23. The summed E-state index contributed by atoms with van der Waals surface area (Å²) < 4.78 is 15.9. The molecule has 0 heterocycles. The van der Waals surface area contributed by atoms with Gasteiger partial charge in [0.1, 0.15) is 0 Å². The van der Waals surface area contributed by atoms with Crippen molar-refractivity contribution in [1.29, 1.82) is 0 Å². The molecule has 0 aromatic heterocycles. The van der Waals surface area contributed by atoms with Gasteiger partial charge < -0.3 is 18.4 Å². The molecule has 0 unspecified atom stereocenters. The highest BCUT2D eigenvalue weighted by Gasteiger charge is 2.44. The van der Waals surface area contributed by atoms with Crippen molar-refractivity contribution in [3.8, 4) is 0 Å². The molecule has 4 nitrogen and oxygen atoms in total. The van der Waals surface area contributed by atoms with Crippen LogP contribution in [0, 0.1) is 0 Å². The maximum atomic E-state index is 9.16. The van der Waals surface area contributed by atoms with Crippen LogP contribution in [0.2, 0.25) is 18.8 Å². The number of rotatable bonds is 6. The molecular weight excluding hydrogens is 204 g/mol. The molecule has 0 aliphatic heterocycles. The van der Waals surface area contributed by atoms with Crippen molar-refractivity contribution < 1.29 is 18.4 Å². The van der Waals surface area contributed by atoms with Crippen molar-refractivity contribution in [2.45, 2.75) is 18.8 Å². The number of aliphatic hydroxyl groups excluding tert-OH is 1. The zero-order valence-corrected chi connectivity index (χ0v) is 11.1. The van der Waals surface area contributed by atoms with E-state index in [-0.39, 0.29) is 6.23 Å². The fourth-order valence-corrected chi connectivity index (χ4v) is 8.48. The Morgan fingerprint density at radius 1 is 1.00 bits per heavy atom. The molecule has 0 rings (SSSR count). The van der Waals surface area contributed by atoms with Gasteiger partial charge >= 0.3 is 8.80 Å². The standard InChI is InChI=1S/C7H20O4Si2/c1-9-13(10-2,11-3)7-12(4,5)6-8/h8H,6-7H2,1-5H3. The highest BCUT2D eigenvalue weighted by atomic mass is 28.4. The largest absolute Gasteiger partial charge is 0.497 e. The summed E-state index contributed by atoms with van der Waals surface area (Å²) in [6, 6.07) is 0. The Morgan fingerprint density at radius 3 is 1.62 bits per heavy atom. The minimum Gasteiger partial charge on any atom is -0.400 e. The molecule has 0 aliphatic carbocycles. The first-order chi connectivity index (χ1) is 5.95. The minimum atomic E-state index is -2.47. The third-order valence-electron chi connectivity index (χ3n) is 2.06. The summed E-state index contributed by atoms with van der Waals surface area (Å²) in [6.07, 6.45) is 0.234. The lowest BCUT2D eigenvalue weighted by Crippen LogP contribution is -2.51. The predicted molar refractivity (Wildman–Crippen MR) is 56.2 cm³/mol. The molecule has 0 atom stereocenters. The first kappa shape index (κ1) is 13.3. The fourth-order valence-electron chi connectivity index (χ4n) is 1.11. The van der Waals surface area contributed by atoms with Crippen molar-refractivity contribution in [1.82, 2.24) is 0 Å². The molecule has 0 saturated heterocycles. The van der Waals surface area contributed by atoms with Gasteiger partial charge in [-0.15, -0.1) is 0 Å². The Labute approximate surface area is 82.2 Å². The fraction of sp³-hybridized carbons (Fsp3) is 1.00. The predicted octanol–water partition coefficient (Wildman–Crippen LogP) is 0.644. The minimum absolute atomic E-state index is 0.234. The van der Waals surface area contributed by atoms with Crippen LogP contribution in [0.5, 0.6) is 0 Å². The van der Waals surface area contributed by atoms with E-state index in [1.165, 1.54) is 0 Å². The summed E-state index contributed by atoms with van der Waals surface area (Å²) in [5.74, 6) is 0. The van der Waals surface area contributed by atoms with Gasteiger partial charge in [-0.25, -0.2) is 0 Å². The van der Waals surface area contributed by atoms with Crippen LogP contribution in [0.25, 0.3) is 0 Å². The van der Waals surface area contributed by atoms with E-state index in [0.717, 1.165) is 5.67 Å². The van der Waals surface area contributed by atoms with Crippen molar-refractivity contribution in [2.24, 2.45) is 0 Å². The maximum absolute atomic E-state index is 9.16. The van der Waals surface area contributed by atoms with E-state index in [2.05, 4.69) is 13.1 Å². The number of aliphatic hydroxyl groups is 1. The summed E-state index contributed by atoms with van der Waals surface area (Å²) in [7, 11) is 0.689. The van der Waals surface area contributed by atoms with Crippen molar-refractivity contribution in [3.63, 3.8) is 0 Å². The third-order valence-corrected chi connectivity index (χ3v) is 10.3. The summed E-state index contributed by atoms with van der Waals surface area (Å²) in [5.41, 5.74) is 0.750. The quantitative estimate of drug-likeness (QED) is 0.673. The monoisotopic (exact) mass is 224 g/mol. The van der Waals surface area contributed by atoms with E-state index in [1.54, 1.807) is 21.3 Å². The van der Waals surface area contributed by atoms with Crippen LogP contribution in [0.4, 0.5) is 0 Å². The summed E-state index contributed by atoms with van der Waals surface area (Å²) in [4.78, 5) is 0. The Hall–Kier alpha value is 0.274. The summed E-state index contributed by atoms with van der Waals surface area (Å²) in [5, 5.41) is 9.16. The molecule has 0 saturated carbocycles. The van der Waals surface area contributed by atoms with Crippen LogP contribution in [0.3, 0.4) is 0 Å². The lowest BCUT2D eigenvalue weighted by molar-refractivity contribution is 0.128. The van der Waals surface area contributed by atoms with Gasteiger partial charge in [0, 0.05) is 33.2 Å². The van der Waals surface area contributed by atoms with Crippen molar-refractivity contribution in [3.05, 3.63) is 0 Å². The van der Waals surface area contributed by atoms with Gasteiger partial charge in [-0.3, -0.25) is 0 Å². The molecular formula is C7H20O4Si2. The molecule has 1 N–H and O–H groups in total. The van der Waals surface area contributed by atoms with E-state index < -0.39 is 16.9 Å². The Morgan fingerprint density at radius 2 is 1.38 bits per heavy atom. The van der Waals surface area contributed by atoms with E-state index in [1.807, 2.05) is 0 Å². The molecule has 0 fully saturated rings. The first-order valence-corrected chi connectivity index (χ1v) is 9.56. The summed E-state index contributed by atoms with van der Waals surface area (Å²) >= 11 is 0. The smallest absolute Gasteiger partial charge is 0.400 e. The van der Waals surface area contributed by atoms with Crippen LogP contribution in [0.15, 0.2) is 0 Å². The van der Waals surface area contributed by atoms with Crippen molar-refractivity contribution in [2.75, 3.05) is 27.6 Å². The zero-order valence-electron chi connectivity index (χ0n) is 9.09. The molecule has 0 bridgehead atoms. The maximum Gasteiger partial charge on any atom is 0.497 e. The second-order valence-electron chi connectivity index (χ2n) is 3.79. The van der Waals surface area contributed by atoms with Crippen LogP contribution in [-0.2, 0) is 13.3 Å². The van der Waals surface area contributed by atoms with Gasteiger partial charge in [-0.2, -0.15) is 0 Å². The molecule has 0 aromatic rings. The van der Waals surface area contributed by atoms with Crippen molar-refractivity contribution >= 4 is 16.9 Å². The third kappa shape index (κ3) is 3.88.